The zero-order valence-electron chi connectivity index (χ0n) is 37.4. The summed E-state index contributed by atoms with van der Waals surface area (Å²) < 4.78 is 4.83. The lowest BCUT2D eigenvalue weighted by Crippen LogP contribution is -2.51. The Morgan fingerprint density at radius 2 is 1.36 bits per heavy atom. The zero-order valence-corrected chi connectivity index (χ0v) is 37.4. The van der Waals surface area contributed by atoms with Gasteiger partial charge in [-0.3, -0.25) is 9.59 Å². The van der Waals surface area contributed by atoms with E-state index in [-0.39, 0.29) is 53.0 Å². The van der Waals surface area contributed by atoms with E-state index in [9.17, 15) is 14.4 Å². The fraction of sp³-hybridized carbons (Fsp3) is 0.500. The van der Waals surface area contributed by atoms with Gasteiger partial charge in [-0.25, -0.2) is 14.8 Å². The Labute approximate surface area is 360 Å². The van der Waals surface area contributed by atoms with Gasteiger partial charge in [0.1, 0.15) is 17.7 Å². The molecule has 0 bridgehead atoms. The highest BCUT2D eigenvalue weighted by Gasteiger charge is 2.39. The van der Waals surface area contributed by atoms with Crippen LogP contribution in [0.15, 0.2) is 60.7 Å². The van der Waals surface area contributed by atoms with Crippen LogP contribution >= 0.6 is 0 Å². The minimum Gasteiger partial charge on any atom is -0.453 e. The normalized spacial score (nSPS) is 20.7. The van der Waals surface area contributed by atoms with E-state index in [1.54, 1.807) is 0 Å². The molecule has 0 spiro atoms. The number of aromatic amines is 2. The summed E-state index contributed by atoms with van der Waals surface area (Å²) in [6, 6.07) is 21.4. The molecule has 5 aromatic rings. The van der Waals surface area contributed by atoms with E-state index in [0.29, 0.717) is 6.54 Å². The van der Waals surface area contributed by atoms with Crippen LogP contribution in [-0.4, -0.2) is 73.9 Å². The number of ether oxygens (including phenoxy) is 1. The second kappa shape index (κ2) is 16.8. The largest absolute Gasteiger partial charge is 0.453 e. The Bertz CT molecular complexity index is 2470. The van der Waals surface area contributed by atoms with Crippen molar-refractivity contribution in [1.82, 2.24) is 35.1 Å². The average Bonchev–Trinajstić information content (AvgIpc) is 4.09. The SMILES string of the molecule is COC(=O)N[C@H](C(=O)N1CCCC1c1nc2cc(C3=C(c4ccc(C(C)(C)C)cc4)C(c4ccc5nc(C6CCCN6C(=O)[C@@H](C)C(C)C)[nH]c5c4)CC3)ccc2[nH]1)C(C)C. The molecule has 2 saturated heterocycles. The average molecular weight is 826 g/mol. The first-order valence-corrected chi connectivity index (χ1v) is 22.4. The lowest BCUT2D eigenvalue weighted by Gasteiger charge is -2.29. The first-order chi connectivity index (χ1) is 29.1. The highest BCUT2D eigenvalue weighted by molar-refractivity contribution is 5.98. The quantitative estimate of drug-likeness (QED) is 0.128. The molecule has 3 amide bonds. The number of rotatable bonds is 10. The molecule has 0 saturated carbocycles. The number of likely N-dealkylation sites (tertiary alicyclic amines) is 2. The minimum atomic E-state index is -0.690. The van der Waals surface area contributed by atoms with Crippen LogP contribution in [-0.2, 0) is 19.7 Å². The van der Waals surface area contributed by atoms with Gasteiger partial charge in [0.25, 0.3) is 0 Å². The molecule has 3 aromatic carbocycles. The molecule has 3 aliphatic rings. The molecule has 4 heterocycles. The molecule has 11 nitrogen and oxygen atoms in total. The van der Waals surface area contributed by atoms with Gasteiger partial charge in [0.05, 0.1) is 41.3 Å². The van der Waals surface area contributed by atoms with Gasteiger partial charge in [-0.2, -0.15) is 0 Å². The molecule has 3 N–H and O–H groups in total. The second-order valence-corrected chi connectivity index (χ2v) is 19.3. The number of nitrogens with zero attached hydrogens (tertiary/aromatic N) is 4. The molecule has 2 aromatic heterocycles. The fourth-order valence-corrected chi connectivity index (χ4v) is 9.78. The monoisotopic (exact) mass is 825 g/mol. The summed E-state index contributed by atoms with van der Waals surface area (Å²) >= 11 is 0. The van der Waals surface area contributed by atoms with Crippen LogP contribution in [0.3, 0.4) is 0 Å². The molecule has 11 heteroatoms. The van der Waals surface area contributed by atoms with Crippen molar-refractivity contribution in [2.24, 2.45) is 17.8 Å². The summed E-state index contributed by atoms with van der Waals surface area (Å²) in [4.78, 5) is 60.8. The molecule has 5 atom stereocenters. The fourth-order valence-electron chi connectivity index (χ4n) is 9.78. The molecule has 2 aliphatic heterocycles. The van der Waals surface area contributed by atoms with Crippen LogP contribution in [0, 0.1) is 17.8 Å². The van der Waals surface area contributed by atoms with E-state index in [4.69, 9.17) is 14.7 Å². The number of nitrogens with one attached hydrogen (secondary N) is 3. The summed E-state index contributed by atoms with van der Waals surface area (Å²) in [5.41, 5.74) is 11.3. The van der Waals surface area contributed by atoms with Crippen molar-refractivity contribution in [2.75, 3.05) is 20.2 Å². The van der Waals surface area contributed by atoms with Gasteiger partial charge >= 0.3 is 6.09 Å². The maximum Gasteiger partial charge on any atom is 0.407 e. The van der Waals surface area contributed by atoms with Crippen molar-refractivity contribution in [2.45, 2.75) is 123 Å². The van der Waals surface area contributed by atoms with Crippen molar-refractivity contribution in [1.29, 1.82) is 0 Å². The first-order valence-electron chi connectivity index (χ1n) is 22.4. The second-order valence-electron chi connectivity index (χ2n) is 19.3. The maximum absolute atomic E-state index is 13.9. The Hall–Kier alpha value is -5.45. The summed E-state index contributed by atoms with van der Waals surface area (Å²) in [6.45, 7) is 18.3. The van der Waals surface area contributed by atoms with Crippen molar-refractivity contribution in [3.63, 3.8) is 0 Å². The number of hydrogen-bond acceptors (Lipinski definition) is 6. The van der Waals surface area contributed by atoms with Crippen LogP contribution in [0.2, 0.25) is 0 Å². The van der Waals surface area contributed by atoms with Crippen LogP contribution in [0.5, 0.6) is 0 Å². The van der Waals surface area contributed by atoms with E-state index in [0.717, 1.165) is 84.3 Å². The van der Waals surface area contributed by atoms with E-state index in [2.05, 4.69) is 111 Å². The number of methoxy groups -OCH3 is 1. The van der Waals surface area contributed by atoms with Gasteiger partial charge in [-0.1, -0.05) is 91.8 Å². The summed E-state index contributed by atoms with van der Waals surface area (Å²) in [7, 11) is 1.31. The van der Waals surface area contributed by atoms with Gasteiger partial charge in [-0.05, 0) is 113 Å². The Balaban J connectivity index is 1.13. The summed E-state index contributed by atoms with van der Waals surface area (Å²) in [6.07, 6.45) is 4.82. The van der Waals surface area contributed by atoms with E-state index in [1.807, 2.05) is 30.6 Å². The number of hydrogen-bond donors (Lipinski definition) is 3. The topological polar surface area (TPSA) is 136 Å². The number of amides is 3. The van der Waals surface area contributed by atoms with E-state index in [1.165, 1.54) is 34.9 Å². The van der Waals surface area contributed by atoms with Crippen LogP contribution in [0.25, 0.3) is 33.2 Å². The Morgan fingerprint density at radius 3 is 1.98 bits per heavy atom. The number of carbonyl (C=O) groups excluding carboxylic acids is 3. The third-order valence-electron chi connectivity index (χ3n) is 13.7. The lowest BCUT2D eigenvalue weighted by molar-refractivity contribution is -0.137. The minimum absolute atomic E-state index is 0.0271. The number of carbonyl (C=O) groups is 3. The van der Waals surface area contributed by atoms with Crippen LogP contribution in [0.1, 0.15) is 146 Å². The van der Waals surface area contributed by atoms with Gasteiger partial charge in [0.15, 0.2) is 0 Å². The number of aromatic nitrogens is 4. The molecule has 3 unspecified atom stereocenters. The van der Waals surface area contributed by atoms with Gasteiger partial charge < -0.3 is 29.8 Å². The highest BCUT2D eigenvalue weighted by atomic mass is 16.5. The van der Waals surface area contributed by atoms with Crippen molar-refractivity contribution in [3.8, 4) is 0 Å². The molecule has 61 heavy (non-hydrogen) atoms. The Morgan fingerprint density at radius 1 is 0.738 bits per heavy atom. The smallest absolute Gasteiger partial charge is 0.407 e. The molecule has 0 radical (unpaired) electrons. The molecular formula is C50H63N7O4. The molecule has 1 aliphatic carbocycles. The third kappa shape index (κ3) is 8.20. The van der Waals surface area contributed by atoms with Crippen molar-refractivity contribution < 1.29 is 19.1 Å². The standard InChI is InChI=1S/C50H63N7O4/c1-28(2)30(5)47(58)56-24-10-12-41(56)45-51-37-22-16-32(26-39(37)53-45)35-20-21-36(43(35)31-14-18-34(19-15-31)50(6,7)8)33-17-23-38-40(27-33)54-46(52-38)42-13-11-25-57(42)48(59)44(29(3)4)55-49(60)61-9/h14-19,22-23,26-30,35,41-42,44H,10-13,20-21,24-25H2,1-9H3,(H,51,53)(H,52,54)(H,55,60)/t30-,35?,41?,42?,44-/m0/s1. The van der Waals surface area contributed by atoms with Crippen LogP contribution in [0.4, 0.5) is 4.79 Å². The number of H-pyrrole nitrogens is 2. The van der Waals surface area contributed by atoms with E-state index < -0.39 is 12.1 Å². The summed E-state index contributed by atoms with van der Waals surface area (Å²) in [5, 5.41) is 2.75. The molecule has 2 fully saturated rings. The molecule has 8 rings (SSSR count). The van der Waals surface area contributed by atoms with E-state index >= 15 is 0 Å². The zero-order chi connectivity index (χ0) is 43.3. The maximum atomic E-state index is 13.9. The Kier molecular flexibility index (Phi) is 11.6. The van der Waals surface area contributed by atoms with Crippen molar-refractivity contribution in [3.05, 3.63) is 94.6 Å². The van der Waals surface area contributed by atoms with Gasteiger partial charge in [0.2, 0.25) is 11.8 Å². The van der Waals surface area contributed by atoms with Crippen molar-refractivity contribution >= 4 is 51.1 Å². The third-order valence-corrected chi connectivity index (χ3v) is 13.7. The summed E-state index contributed by atoms with van der Waals surface area (Å²) in [5.74, 6) is 2.06. The van der Waals surface area contributed by atoms with Gasteiger partial charge in [0, 0.05) is 24.9 Å². The number of fused-ring (bicyclic) bond motifs is 2. The number of imidazole rings is 2. The predicted octanol–water partition coefficient (Wildman–Crippen LogP) is 10.2. The highest BCUT2D eigenvalue weighted by Crippen LogP contribution is 2.50. The first kappa shape index (κ1) is 42.2. The molecular weight excluding hydrogens is 763 g/mol. The predicted molar refractivity (Wildman–Crippen MR) is 242 cm³/mol. The number of alkyl carbamates (subject to hydrolysis) is 1. The number of allylic oxidation sites excluding steroid dienone is 2. The lowest BCUT2D eigenvalue weighted by atomic mass is 9.83. The van der Waals surface area contributed by atoms with Gasteiger partial charge in [-0.15, -0.1) is 0 Å². The van der Waals surface area contributed by atoms with Crippen LogP contribution < -0.4 is 5.32 Å². The molecule has 322 valence electrons. The number of benzene rings is 3.